The van der Waals surface area contributed by atoms with Gasteiger partial charge in [0.15, 0.2) is 0 Å². The van der Waals surface area contributed by atoms with Crippen molar-refractivity contribution in [3.8, 4) is 17.6 Å². The third-order valence-electron chi connectivity index (χ3n) is 2.63. The molecule has 0 unspecified atom stereocenters. The lowest BCUT2D eigenvalue weighted by atomic mass is 10.2. The fourth-order valence-electron chi connectivity index (χ4n) is 1.59. The van der Waals surface area contributed by atoms with Crippen LogP contribution in [0.1, 0.15) is 11.1 Å². The Balaban J connectivity index is 2.81. The van der Waals surface area contributed by atoms with E-state index in [1.807, 2.05) is 4.98 Å². The number of nitrogens with zero attached hydrogens (tertiary/aromatic N) is 2. The lowest BCUT2D eigenvalue weighted by Gasteiger charge is -2.10. The van der Waals surface area contributed by atoms with Crippen LogP contribution in [0.15, 0.2) is 27.8 Å². The van der Waals surface area contributed by atoms with Crippen molar-refractivity contribution in [2.24, 2.45) is 0 Å². The molecular formula is C12H8FN3O3. The summed E-state index contributed by atoms with van der Waals surface area (Å²) in [5.41, 5.74) is -1.98. The molecule has 1 heterocycles. The van der Waals surface area contributed by atoms with E-state index in [0.717, 1.165) is 6.07 Å². The van der Waals surface area contributed by atoms with Crippen LogP contribution in [-0.4, -0.2) is 14.7 Å². The minimum atomic E-state index is -0.961. The first kappa shape index (κ1) is 12.6. The Morgan fingerprint density at radius 2 is 2.11 bits per heavy atom. The quantitative estimate of drug-likeness (QED) is 0.783. The van der Waals surface area contributed by atoms with Gasteiger partial charge in [0.25, 0.3) is 5.56 Å². The summed E-state index contributed by atoms with van der Waals surface area (Å²) in [7, 11) is 0. The van der Waals surface area contributed by atoms with Crippen LogP contribution >= 0.6 is 0 Å². The molecule has 1 aromatic carbocycles. The third-order valence-corrected chi connectivity index (χ3v) is 2.63. The van der Waals surface area contributed by atoms with Crippen molar-refractivity contribution >= 4 is 0 Å². The number of nitriles is 1. The Morgan fingerprint density at radius 3 is 2.68 bits per heavy atom. The molecule has 0 amide bonds. The highest BCUT2D eigenvalue weighted by atomic mass is 19.1. The van der Waals surface area contributed by atoms with Crippen molar-refractivity contribution < 1.29 is 9.50 Å². The molecule has 0 fully saturated rings. The summed E-state index contributed by atoms with van der Waals surface area (Å²) >= 11 is 0. The van der Waals surface area contributed by atoms with Gasteiger partial charge in [0.2, 0.25) is 5.88 Å². The van der Waals surface area contributed by atoms with Crippen LogP contribution in [0, 0.1) is 24.1 Å². The molecule has 6 nitrogen and oxygen atoms in total. The van der Waals surface area contributed by atoms with Gasteiger partial charge in [-0.3, -0.25) is 9.78 Å². The molecule has 0 aliphatic carbocycles. The van der Waals surface area contributed by atoms with Crippen LogP contribution in [0.2, 0.25) is 0 Å². The van der Waals surface area contributed by atoms with Gasteiger partial charge in [-0.25, -0.2) is 13.8 Å². The largest absolute Gasteiger partial charge is 0.494 e. The van der Waals surface area contributed by atoms with E-state index >= 15 is 0 Å². The smallest absolute Gasteiger partial charge is 0.335 e. The minimum Gasteiger partial charge on any atom is -0.494 e. The van der Waals surface area contributed by atoms with E-state index in [1.54, 1.807) is 6.07 Å². The van der Waals surface area contributed by atoms with Gasteiger partial charge in [-0.2, -0.15) is 5.26 Å². The molecule has 0 aliphatic heterocycles. The second-order valence-electron chi connectivity index (χ2n) is 3.82. The summed E-state index contributed by atoms with van der Waals surface area (Å²) in [4.78, 5) is 24.9. The van der Waals surface area contributed by atoms with E-state index in [-0.39, 0.29) is 16.8 Å². The summed E-state index contributed by atoms with van der Waals surface area (Å²) in [5, 5.41) is 18.4. The van der Waals surface area contributed by atoms with E-state index in [4.69, 9.17) is 5.26 Å². The Kier molecular flexibility index (Phi) is 2.92. The minimum absolute atomic E-state index is 0.0786. The molecule has 0 bridgehead atoms. The molecule has 0 radical (unpaired) electrons. The number of hydrogen-bond acceptors (Lipinski definition) is 4. The molecule has 0 saturated carbocycles. The Labute approximate surface area is 106 Å². The van der Waals surface area contributed by atoms with Gasteiger partial charge in [-0.05, 0) is 25.1 Å². The number of nitrogens with one attached hydrogen (secondary N) is 1. The number of rotatable bonds is 1. The molecule has 0 saturated heterocycles. The SMILES string of the molecule is Cc1c(O)n(-c2ccc(C#N)cc2F)c(=O)[nH]c1=O. The van der Waals surface area contributed by atoms with Gasteiger partial charge < -0.3 is 5.11 Å². The zero-order chi connectivity index (χ0) is 14.2. The fraction of sp³-hybridized carbons (Fsp3) is 0.0833. The zero-order valence-corrected chi connectivity index (χ0v) is 9.77. The van der Waals surface area contributed by atoms with E-state index in [2.05, 4.69) is 0 Å². The normalized spacial score (nSPS) is 10.2. The second-order valence-corrected chi connectivity index (χ2v) is 3.82. The van der Waals surface area contributed by atoms with Crippen LogP contribution in [0.25, 0.3) is 5.69 Å². The topological polar surface area (TPSA) is 98.9 Å². The molecular weight excluding hydrogens is 253 g/mol. The number of hydrogen-bond donors (Lipinski definition) is 2. The highest BCUT2D eigenvalue weighted by Crippen LogP contribution is 2.19. The fourth-order valence-corrected chi connectivity index (χ4v) is 1.59. The average molecular weight is 261 g/mol. The van der Waals surface area contributed by atoms with Gasteiger partial charge in [0, 0.05) is 0 Å². The van der Waals surface area contributed by atoms with Gasteiger partial charge >= 0.3 is 5.69 Å². The molecule has 0 aliphatic rings. The maximum atomic E-state index is 13.8. The molecule has 1 aromatic heterocycles. The number of H-pyrrole nitrogens is 1. The van der Waals surface area contributed by atoms with E-state index in [0.29, 0.717) is 4.57 Å². The average Bonchev–Trinajstić information content (AvgIpc) is 2.38. The standard InChI is InChI=1S/C12H8FN3O3/c1-6-10(17)15-12(19)16(11(6)18)9-3-2-7(5-14)4-8(9)13/h2-4,18H,1H3,(H,15,17,19). The maximum Gasteiger partial charge on any atom is 0.335 e. The van der Waals surface area contributed by atoms with Gasteiger partial charge in [-0.15, -0.1) is 0 Å². The maximum absolute atomic E-state index is 13.8. The van der Waals surface area contributed by atoms with Crippen molar-refractivity contribution in [2.45, 2.75) is 6.92 Å². The van der Waals surface area contributed by atoms with Crippen molar-refractivity contribution in [3.63, 3.8) is 0 Å². The first-order chi connectivity index (χ1) is 8.95. The number of halogens is 1. The van der Waals surface area contributed by atoms with Crippen LogP contribution in [0.3, 0.4) is 0 Å². The van der Waals surface area contributed by atoms with Crippen molar-refractivity contribution in [2.75, 3.05) is 0 Å². The lowest BCUT2D eigenvalue weighted by molar-refractivity contribution is 0.423. The van der Waals surface area contributed by atoms with Crippen LogP contribution in [-0.2, 0) is 0 Å². The first-order valence-electron chi connectivity index (χ1n) is 5.20. The Morgan fingerprint density at radius 1 is 1.42 bits per heavy atom. The summed E-state index contributed by atoms with van der Waals surface area (Å²) < 4.78 is 14.4. The Hall–Kier alpha value is -2.88. The van der Waals surface area contributed by atoms with Crippen LogP contribution in [0.5, 0.6) is 5.88 Å². The monoisotopic (exact) mass is 261 g/mol. The number of benzene rings is 1. The van der Waals surface area contributed by atoms with Gasteiger partial charge in [0.1, 0.15) is 5.82 Å². The second kappa shape index (κ2) is 4.42. The molecule has 2 aromatic rings. The molecule has 2 rings (SSSR count). The molecule has 7 heteroatoms. The third kappa shape index (κ3) is 1.99. The summed E-state index contributed by atoms with van der Waals surface area (Å²) in [6.07, 6.45) is 0. The van der Waals surface area contributed by atoms with Gasteiger partial charge in [0.05, 0.1) is 22.9 Å². The van der Waals surface area contributed by atoms with Crippen molar-refractivity contribution in [1.29, 1.82) is 5.26 Å². The molecule has 2 N–H and O–H groups in total. The van der Waals surface area contributed by atoms with Crippen molar-refractivity contribution in [1.82, 2.24) is 9.55 Å². The summed E-state index contributed by atoms with van der Waals surface area (Å²) in [6.45, 7) is 1.30. The predicted octanol–water partition coefficient (Wildman–Crippen LogP) is 0.551. The van der Waals surface area contributed by atoms with Crippen LogP contribution < -0.4 is 11.2 Å². The van der Waals surface area contributed by atoms with Crippen LogP contribution in [0.4, 0.5) is 4.39 Å². The summed E-state index contributed by atoms with van der Waals surface area (Å²) in [5.74, 6) is -1.50. The van der Waals surface area contributed by atoms with E-state index in [9.17, 15) is 19.1 Å². The van der Waals surface area contributed by atoms with E-state index < -0.39 is 22.9 Å². The zero-order valence-electron chi connectivity index (χ0n) is 9.77. The molecule has 19 heavy (non-hydrogen) atoms. The highest BCUT2D eigenvalue weighted by molar-refractivity contribution is 5.43. The van der Waals surface area contributed by atoms with Crippen molar-refractivity contribution in [3.05, 3.63) is 56.0 Å². The molecule has 0 atom stereocenters. The summed E-state index contributed by atoms with van der Waals surface area (Å²) in [6, 6.07) is 5.15. The highest BCUT2D eigenvalue weighted by Gasteiger charge is 2.15. The van der Waals surface area contributed by atoms with Gasteiger partial charge in [-0.1, -0.05) is 0 Å². The predicted molar refractivity (Wildman–Crippen MR) is 63.7 cm³/mol. The number of aromatic hydroxyl groups is 1. The number of aromatic nitrogens is 2. The first-order valence-corrected chi connectivity index (χ1v) is 5.20. The van der Waals surface area contributed by atoms with E-state index in [1.165, 1.54) is 19.1 Å². The lowest BCUT2D eigenvalue weighted by Crippen LogP contribution is -2.30. The number of aromatic amines is 1. The molecule has 0 spiro atoms. The molecule has 96 valence electrons. The Bertz CT molecular complexity index is 814.